The van der Waals surface area contributed by atoms with E-state index in [0.29, 0.717) is 6.61 Å². The van der Waals surface area contributed by atoms with Gasteiger partial charge in [-0.15, -0.1) is 6.58 Å². The van der Waals surface area contributed by atoms with Crippen LogP contribution in [0.4, 0.5) is 0 Å². The molecule has 0 amide bonds. The second-order valence-corrected chi connectivity index (χ2v) is 4.91. The maximum absolute atomic E-state index is 5.75. The van der Waals surface area contributed by atoms with Gasteiger partial charge in [0.15, 0.2) is 0 Å². The summed E-state index contributed by atoms with van der Waals surface area (Å²) in [5, 5.41) is 3.36. The molecule has 1 atom stereocenters. The highest BCUT2D eigenvalue weighted by atomic mass is 16.5. The van der Waals surface area contributed by atoms with Gasteiger partial charge in [0.05, 0.1) is 13.7 Å². The molecule has 0 heterocycles. The van der Waals surface area contributed by atoms with E-state index in [4.69, 9.17) is 9.47 Å². The molecule has 106 valence electrons. The molecule has 0 aliphatic heterocycles. The number of methoxy groups -OCH3 is 1. The second kappa shape index (κ2) is 7.85. The van der Waals surface area contributed by atoms with Gasteiger partial charge in [-0.25, -0.2) is 0 Å². The first kappa shape index (κ1) is 15.6. The fourth-order valence-electron chi connectivity index (χ4n) is 1.75. The molecule has 1 N–H and O–H groups in total. The molecule has 1 unspecified atom stereocenters. The van der Waals surface area contributed by atoms with Crippen molar-refractivity contribution in [3.63, 3.8) is 0 Å². The lowest BCUT2D eigenvalue weighted by molar-refractivity contribution is 0.245. The van der Waals surface area contributed by atoms with E-state index in [2.05, 4.69) is 25.7 Å². The first-order chi connectivity index (χ1) is 9.13. The average Bonchev–Trinajstić information content (AvgIpc) is 2.46. The summed E-state index contributed by atoms with van der Waals surface area (Å²) in [7, 11) is 1.66. The molecule has 19 heavy (non-hydrogen) atoms. The summed E-state index contributed by atoms with van der Waals surface area (Å²) >= 11 is 0. The Hall–Kier alpha value is -1.48. The van der Waals surface area contributed by atoms with Gasteiger partial charge < -0.3 is 14.8 Å². The first-order valence-electron chi connectivity index (χ1n) is 6.74. The summed E-state index contributed by atoms with van der Waals surface area (Å²) in [4.78, 5) is 0. The summed E-state index contributed by atoms with van der Waals surface area (Å²) in [6, 6.07) is 7.66. The van der Waals surface area contributed by atoms with E-state index in [9.17, 15) is 0 Å². The predicted molar refractivity (Wildman–Crippen MR) is 80.0 cm³/mol. The minimum absolute atomic E-state index is 0.0719. The van der Waals surface area contributed by atoms with Crippen molar-refractivity contribution in [1.82, 2.24) is 5.32 Å². The van der Waals surface area contributed by atoms with Gasteiger partial charge in [-0.2, -0.15) is 0 Å². The highest BCUT2D eigenvalue weighted by molar-refractivity contribution is 5.31. The summed E-state index contributed by atoms with van der Waals surface area (Å²) < 4.78 is 10.9. The molecule has 0 aromatic heterocycles. The Balaban J connectivity index is 2.40. The Labute approximate surface area is 116 Å². The highest BCUT2D eigenvalue weighted by Crippen LogP contribution is 2.23. The van der Waals surface area contributed by atoms with Gasteiger partial charge in [0, 0.05) is 12.0 Å². The largest absolute Gasteiger partial charge is 0.497 e. The lowest BCUT2D eigenvalue weighted by atomic mass is 9.87. The van der Waals surface area contributed by atoms with Crippen LogP contribution in [0.5, 0.6) is 11.5 Å². The van der Waals surface area contributed by atoms with Crippen molar-refractivity contribution in [1.29, 1.82) is 0 Å². The van der Waals surface area contributed by atoms with E-state index >= 15 is 0 Å². The van der Waals surface area contributed by atoms with Crippen molar-refractivity contribution >= 4 is 0 Å². The van der Waals surface area contributed by atoms with Gasteiger partial charge in [0.2, 0.25) is 0 Å². The van der Waals surface area contributed by atoms with Gasteiger partial charge >= 0.3 is 0 Å². The third-order valence-electron chi connectivity index (χ3n) is 3.27. The van der Waals surface area contributed by atoms with Gasteiger partial charge in [0.1, 0.15) is 11.5 Å². The fourth-order valence-corrected chi connectivity index (χ4v) is 1.75. The molecule has 0 radical (unpaired) electrons. The molecular weight excluding hydrogens is 238 g/mol. The minimum atomic E-state index is 0.0719. The smallest absolute Gasteiger partial charge is 0.119 e. The van der Waals surface area contributed by atoms with Gasteiger partial charge in [0.25, 0.3) is 0 Å². The van der Waals surface area contributed by atoms with E-state index in [1.165, 1.54) is 0 Å². The van der Waals surface area contributed by atoms with Crippen molar-refractivity contribution in [3.05, 3.63) is 36.9 Å². The van der Waals surface area contributed by atoms with Crippen LogP contribution in [0.1, 0.15) is 20.3 Å². The lowest BCUT2D eigenvalue weighted by Gasteiger charge is -2.26. The molecule has 0 aliphatic carbocycles. The fraction of sp³-hybridized carbons (Fsp3) is 0.500. The standard InChI is InChI=1S/C16H25NO2/c1-5-16(3,13-17-6-2)11-12-19-15-9-7-14(18-4)8-10-15/h5,7-10,17H,1,6,11-13H2,2-4H3. The monoisotopic (exact) mass is 263 g/mol. The van der Waals surface area contributed by atoms with E-state index < -0.39 is 0 Å². The number of hydrogen-bond acceptors (Lipinski definition) is 3. The maximum Gasteiger partial charge on any atom is 0.119 e. The number of rotatable bonds is 9. The van der Waals surface area contributed by atoms with Crippen molar-refractivity contribution in [2.45, 2.75) is 20.3 Å². The Bertz CT molecular complexity index is 375. The van der Waals surface area contributed by atoms with Gasteiger partial charge in [-0.05, 0) is 37.2 Å². The van der Waals surface area contributed by atoms with Crippen LogP contribution in [0, 0.1) is 5.41 Å². The number of hydrogen-bond donors (Lipinski definition) is 1. The van der Waals surface area contributed by atoms with E-state index in [1.807, 2.05) is 30.3 Å². The molecule has 0 saturated carbocycles. The van der Waals surface area contributed by atoms with Crippen LogP contribution >= 0.6 is 0 Å². The van der Waals surface area contributed by atoms with Crippen LogP contribution in [-0.4, -0.2) is 26.8 Å². The molecular formula is C16H25NO2. The molecule has 1 aromatic rings. The topological polar surface area (TPSA) is 30.5 Å². The van der Waals surface area contributed by atoms with Crippen LogP contribution in [0.3, 0.4) is 0 Å². The predicted octanol–water partition coefficient (Wildman–Crippen LogP) is 3.27. The third-order valence-corrected chi connectivity index (χ3v) is 3.27. The SMILES string of the molecule is C=CC(C)(CCOc1ccc(OC)cc1)CNCC. The molecule has 1 aromatic carbocycles. The summed E-state index contributed by atoms with van der Waals surface area (Å²) in [5.74, 6) is 1.71. The molecule has 0 fully saturated rings. The third kappa shape index (κ3) is 5.35. The van der Waals surface area contributed by atoms with Crippen LogP contribution in [0.15, 0.2) is 36.9 Å². The number of ether oxygens (including phenoxy) is 2. The number of nitrogens with one attached hydrogen (secondary N) is 1. The molecule has 3 heteroatoms. The molecule has 0 aliphatic rings. The van der Waals surface area contributed by atoms with Crippen LogP contribution in [-0.2, 0) is 0 Å². The molecule has 0 saturated heterocycles. The molecule has 0 bridgehead atoms. The van der Waals surface area contributed by atoms with E-state index in [1.54, 1.807) is 7.11 Å². The van der Waals surface area contributed by atoms with Gasteiger partial charge in [-0.1, -0.05) is 19.9 Å². The highest BCUT2D eigenvalue weighted by Gasteiger charge is 2.19. The molecule has 0 spiro atoms. The first-order valence-corrected chi connectivity index (χ1v) is 6.74. The van der Waals surface area contributed by atoms with Crippen molar-refractivity contribution < 1.29 is 9.47 Å². The van der Waals surface area contributed by atoms with Crippen LogP contribution < -0.4 is 14.8 Å². The summed E-state index contributed by atoms with van der Waals surface area (Å²) in [6.07, 6.45) is 2.95. The minimum Gasteiger partial charge on any atom is -0.497 e. The van der Waals surface area contributed by atoms with Gasteiger partial charge in [-0.3, -0.25) is 0 Å². The van der Waals surface area contributed by atoms with E-state index in [0.717, 1.165) is 31.0 Å². The summed E-state index contributed by atoms with van der Waals surface area (Å²) in [6.45, 7) is 10.8. The number of benzene rings is 1. The van der Waals surface area contributed by atoms with Crippen molar-refractivity contribution in [3.8, 4) is 11.5 Å². The maximum atomic E-state index is 5.75. The second-order valence-electron chi connectivity index (χ2n) is 4.91. The summed E-state index contributed by atoms with van der Waals surface area (Å²) in [5.41, 5.74) is 0.0719. The van der Waals surface area contributed by atoms with Crippen molar-refractivity contribution in [2.24, 2.45) is 5.41 Å². The van der Waals surface area contributed by atoms with Crippen molar-refractivity contribution in [2.75, 3.05) is 26.8 Å². The van der Waals surface area contributed by atoms with Crippen LogP contribution in [0.2, 0.25) is 0 Å². The van der Waals surface area contributed by atoms with E-state index in [-0.39, 0.29) is 5.41 Å². The lowest BCUT2D eigenvalue weighted by Crippen LogP contribution is -2.31. The van der Waals surface area contributed by atoms with Crippen LogP contribution in [0.25, 0.3) is 0 Å². The normalized spacial score (nSPS) is 13.6. The Morgan fingerprint density at radius 3 is 2.42 bits per heavy atom. The zero-order chi connectivity index (χ0) is 14.1. The Morgan fingerprint density at radius 1 is 1.26 bits per heavy atom. The molecule has 1 rings (SSSR count). The molecule has 3 nitrogen and oxygen atoms in total. The quantitative estimate of drug-likeness (QED) is 0.694. The zero-order valence-electron chi connectivity index (χ0n) is 12.2. The average molecular weight is 263 g/mol. The Kier molecular flexibility index (Phi) is 6.43. The zero-order valence-corrected chi connectivity index (χ0v) is 12.2. The Morgan fingerprint density at radius 2 is 1.89 bits per heavy atom.